The lowest BCUT2D eigenvalue weighted by Gasteiger charge is -2.42. The Morgan fingerprint density at radius 1 is 1.23 bits per heavy atom. The Bertz CT molecular complexity index is 405. The highest BCUT2D eigenvalue weighted by Crippen LogP contribution is 2.46. The van der Waals surface area contributed by atoms with E-state index in [9.17, 15) is 5.11 Å². The lowest BCUT2D eigenvalue weighted by atomic mass is 9.64. The summed E-state index contributed by atoms with van der Waals surface area (Å²) in [6.45, 7) is 12.8. The summed E-state index contributed by atoms with van der Waals surface area (Å²) in [6, 6.07) is 0. The fraction of sp³-hybridized carbons (Fsp3) is 0.950. The Balaban J connectivity index is 0.00000338. The normalized spacial score (nSPS) is 21.2. The molecule has 0 aromatic rings. The van der Waals surface area contributed by atoms with E-state index in [1.165, 1.54) is 25.7 Å². The van der Waals surface area contributed by atoms with Gasteiger partial charge in [0.1, 0.15) is 0 Å². The molecule has 0 radical (unpaired) electrons. The van der Waals surface area contributed by atoms with Gasteiger partial charge in [-0.3, -0.25) is 4.99 Å². The lowest BCUT2D eigenvalue weighted by Crippen LogP contribution is -2.42. The summed E-state index contributed by atoms with van der Waals surface area (Å²) in [5, 5.41) is 16.5. The summed E-state index contributed by atoms with van der Waals surface area (Å²) in [7, 11) is 0. The third-order valence-corrected chi connectivity index (χ3v) is 5.67. The van der Waals surface area contributed by atoms with Gasteiger partial charge in [0.15, 0.2) is 5.96 Å². The Kier molecular flexibility index (Phi) is 11.4. The van der Waals surface area contributed by atoms with E-state index in [0.717, 1.165) is 70.4 Å². The van der Waals surface area contributed by atoms with Crippen molar-refractivity contribution in [1.29, 1.82) is 0 Å². The number of nitrogens with zero attached hydrogens (tertiary/aromatic N) is 2. The molecule has 1 heterocycles. The third kappa shape index (κ3) is 8.30. The molecule has 2 rings (SSSR count). The van der Waals surface area contributed by atoms with Crippen LogP contribution < -0.4 is 10.6 Å². The minimum Gasteiger partial charge on any atom is -0.393 e. The maximum absolute atomic E-state index is 9.57. The highest BCUT2D eigenvalue weighted by molar-refractivity contribution is 14.0. The number of nitrogens with one attached hydrogen (secondary N) is 2. The first-order valence-corrected chi connectivity index (χ1v) is 10.5. The van der Waals surface area contributed by atoms with Crippen molar-refractivity contribution >= 4 is 29.9 Å². The number of aliphatic imine (C=N–C) groups is 1. The SMILES string of the molecule is CCNC(=NCC1(CC(C)C)CCC1)NCCCN1CCC(O)CC1.I. The van der Waals surface area contributed by atoms with Gasteiger partial charge in [-0.15, -0.1) is 24.0 Å². The summed E-state index contributed by atoms with van der Waals surface area (Å²) in [4.78, 5) is 7.37. The highest BCUT2D eigenvalue weighted by atomic mass is 127. The van der Waals surface area contributed by atoms with Gasteiger partial charge in [-0.05, 0) is 63.3 Å². The van der Waals surface area contributed by atoms with E-state index in [1.54, 1.807) is 0 Å². The minimum absolute atomic E-state index is 0. The number of halogens is 1. The third-order valence-electron chi connectivity index (χ3n) is 5.67. The van der Waals surface area contributed by atoms with Crippen LogP contribution in [0.15, 0.2) is 4.99 Å². The molecular weight excluding hydrogens is 439 g/mol. The summed E-state index contributed by atoms with van der Waals surface area (Å²) in [5.74, 6) is 1.74. The van der Waals surface area contributed by atoms with Crippen LogP contribution in [0, 0.1) is 11.3 Å². The maximum atomic E-state index is 9.57. The van der Waals surface area contributed by atoms with E-state index >= 15 is 0 Å². The molecule has 1 saturated heterocycles. The molecule has 0 atom stereocenters. The molecule has 26 heavy (non-hydrogen) atoms. The fourth-order valence-electron chi connectivity index (χ4n) is 4.21. The number of aliphatic hydroxyl groups excluding tert-OH is 1. The number of hydrogen-bond acceptors (Lipinski definition) is 3. The van der Waals surface area contributed by atoms with Crippen LogP contribution in [0.4, 0.5) is 0 Å². The Labute approximate surface area is 177 Å². The molecule has 1 aliphatic carbocycles. The van der Waals surface area contributed by atoms with Crippen LogP contribution in [0.2, 0.25) is 0 Å². The zero-order valence-electron chi connectivity index (χ0n) is 17.1. The Morgan fingerprint density at radius 2 is 1.92 bits per heavy atom. The van der Waals surface area contributed by atoms with Crippen molar-refractivity contribution in [2.75, 3.05) is 39.3 Å². The quantitative estimate of drug-likeness (QED) is 0.205. The lowest BCUT2D eigenvalue weighted by molar-refractivity contribution is 0.0822. The fourth-order valence-corrected chi connectivity index (χ4v) is 4.21. The van der Waals surface area contributed by atoms with Gasteiger partial charge < -0.3 is 20.6 Å². The molecule has 1 saturated carbocycles. The van der Waals surface area contributed by atoms with E-state index < -0.39 is 0 Å². The van der Waals surface area contributed by atoms with Crippen LogP contribution in [0.1, 0.15) is 65.7 Å². The molecule has 2 aliphatic rings. The van der Waals surface area contributed by atoms with E-state index in [-0.39, 0.29) is 30.1 Å². The van der Waals surface area contributed by atoms with Crippen molar-refractivity contribution < 1.29 is 5.11 Å². The predicted molar refractivity (Wildman–Crippen MR) is 121 cm³/mol. The summed E-state index contributed by atoms with van der Waals surface area (Å²) in [5.41, 5.74) is 0.463. The van der Waals surface area contributed by atoms with Gasteiger partial charge in [0.25, 0.3) is 0 Å². The molecular formula is C20H41IN4O. The topological polar surface area (TPSA) is 59.9 Å². The largest absolute Gasteiger partial charge is 0.393 e. The number of piperidine rings is 1. The number of aliphatic hydroxyl groups is 1. The summed E-state index contributed by atoms with van der Waals surface area (Å²) < 4.78 is 0. The highest BCUT2D eigenvalue weighted by Gasteiger charge is 2.37. The van der Waals surface area contributed by atoms with Gasteiger partial charge in [-0.2, -0.15) is 0 Å². The monoisotopic (exact) mass is 480 g/mol. The average Bonchev–Trinajstić information content (AvgIpc) is 2.55. The second-order valence-corrected chi connectivity index (χ2v) is 8.50. The van der Waals surface area contributed by atoms with Crippen LogP contribution in [-0.4, -0.2) is 61.3 Å². The first-order chi connectivity index (χ1) is 12.0. The van der Waals surface area contributed by atoms with Crippen LogP contribution in [0.3, 0.4) is 0 Å². The van der Waals surface area contributed by atoms with Gasteiger partial charge in [-0.1, -0.05) is 20.3 Å². The standard InChI is InChI=1S/C20H40N4O.HI/c1-4-21-19(23-16-20(9-5-10-20)15-17(2)3)22-11-6-12-24-13-7-18(25)8-14-24;/h17-18,25H,4-16H2,1-3H3,(H2,21,22,23);1H. The number of rotatable bonds is 9. The predicted octanol–water partition coefficient (Wildman–Crippen LogP) is 3.22. The molecule has 3 N–H and O–H groups in total. The molecule has 1 aliphatic heterocycles. The van der Waals surface area contributed by atoms with E-state index in [2.05, 4.69) is 36.3 Å². The average molecular weight is 480 g/mol. The minimum atomic E-state index is -0.0773. The van der Waals surface area contributed by atoms with Crippen molar-refractivity contribution in [3.05, 3.63) is 0 Å². The molecule has 0 spiro atoms. The van der Waals surface area contributed by atoms with Crippen LogP contribution >= 0.6 is 24.0 Å². The number of likely N-dealkylation sites (tertiary alicyclic amines) is 1. The second-order valence-electron chi connectivity index (χ2n) is 8.50. The molecule has 0 bridgehead atoms. The van der Waals surface area contributed by atoms with Crippen LogP contribution in [0.25, 0.3) is 0 Å². The zero-order chi connectivity index (χ0) is 18.1. The maximum Gasteiger partial charge on any atom is 0.191 e. The van der Waals surface area contributed by atoms with Crippen molar-refractivity contribution in [2.45, 2.75) is 71.8 Å². The first-order valence-electron chi connectivity index (χ1n) is 10.5. The van der Waals surface area contributed by atoms with E-state index in [1.807, 2.05) is 0 Å². The second kappa shape index (κ2) is 12.4. The molecule has 2 fully saturated rings. The molecule has 0 aromatic carbocycles. The Hall–Kier alpha value is -0.0800. The zero-order valence-corrected chi connectivity index (χ0v) is 19.4. The molecule has 5 nitrogen and oxygen atoms in total. The summed E-state index contributed by atoms with van der Waals surface area (Å²) in [6.07, 6.45) is 8.26. The van der Waals surface area contributed by atoms with E-state index in [4.69, 9.17) is 4.99 Å². The Morgan fingerprint density at radius 3 is 2.46 bits per heavy atom. The molecule has 6 heteroatoms. The van der Waals surface area contributed by atoms with Crippen molar-refractivity contribution in [2.24, 2.45) is 16.3 Å². The van der Waals surface area contributed by atoms with Gasteiger partial charge in [0.2, 0.25) is 0 Å². The number of hydrogen-bond donors (Lipinski definition) is 3. The van der Waals surface area contributed by atoms with Gasteiger partial charge in [0, 0.05) is 32.7 Å². The van der Waals surface area contributed by atoms with Crippen molar-refractivity contribution in [3.63, 3.8) is 0 Å². The van der Waals surface area contributed by atoms with Crippen LogP contribution in [-0.2, 0) is 0 Å². The van der Waals surface area contributed by atoms with Crippen LogP contribution in [0.5, 0.6) is 0 Å². The van der Waals surface area contributed by atoms with E-state index in [0.29, 0.717) is 5.41 Å². The molecule has 0 aromatic heterocycles. The first kappa shape index (κ1) is 24.0. The molecule has 0 amide bonds. The van der Waals surface area contributed by atoms with Crippen molar-refractivity contribution in [1.82, 2.24) is 15.5 Å². The molecule has 0 unspecified atom stereocenters. The van der Waals surface area contributed by atoms with Gasteiger partial charge in [-0.25, -0.2) is 0 Å². The molecule has 154 valence electrons. The van der Waals surface area contributed by atoms with Gasteiger partial charge in [0.05, 0.1) is 6.10 Å². The number of guanidine groups is 1. The smallest absolute Gasteiger partial charge is 0.191 e. The summed E-state index contributed by atoms with van der Waals surface area (Å²) >= 11 is 0. The van der Waals surface area contributed by atoms with Crippen molar-refractivity contribution in [3.8, 4) is 0 Å². The van der Waals surface area contributed by atoms with Gasteiger partial charge >= 0.3 is 0 Å².